The number of fused-ring (bicyclic) bond motifs is 3. The third-order valence-electron chi connectivity index (χ3n) is 9.78. The van der Waals surface area contributed by atoms with Gasteiger partial charge in [-0.25, -0.2) is 8.42 Å². The molecule has 0 aliphatic heterocycles. The minimum absolute atomic E-state index is 0.204. The molecular formula is C31H48F2O2S. The Hall–Kier alpha value is -1.23. The van der Waals surface area contributed by atoms with Gasteiger partial charge in [0.05, 0.1) is 4.90 Å². The van der Waals surface area contributed by atoms with Crippen LogP contribution in [0.2, 0.25) is 0 Å². The van der Waals surface area contributed by atoms with Gasteiger partial charge in [0.1, 0.15) is 0 Å². The van der Waals surface area contributed by atoms with E-state index in [0.717, 1.165) is 38.5 Å². The molecule has 204 valence electrons. The zero-order chi connectivity index (χ0) is 26.6. The molecular weight excluding hydrogens is 474 g/mol. The molecule has 0 aromatic heterocycles. The van der Waals surface area contributed by atoms with Gasteiger partial charge in [-0.2, -0.15) is 8.78 Å². The number of rotatable bonds is 7. The molecule has 0 heterocycles. The molecule has 3 fully saturated rings. The van der Waals surface area contributed by atoms with Crippen LogP contribution in [0.3, 0.4) is 0 Å². The van der Waals surface area contributed by atoms with Gasteiger partial charge in [-0.3, -0.25) is 0 Å². The topological polar surface area (TPSA) is 34.1 Å². The third-order valence-corrected chi connectivity index (χ3v) is 11.6. The first-order chi connectivity index (χ1) is 17.1. The molecule has 4 rings (SSSR count). The van der Waals surface area contributed by atoms with Gasteiger partial charge in [-0.15, -0.1) is 0 Å². The molecule has 3 aliphatic carbocycles. The predicted octanol–water partition coefficient (Wildman–Crippen LogP) is 9.46. The van der Waals surface area contributed by atoms with Crippen LogP contribution in [0.4, 0.5) is 8.78 Å². The monoisotopic (exact) mass is 522 g/mol. The number of allylic oxidation sites excluding steroid dienone is 2. The summed E-state index contributed by atoms with van der Waals surface area (Å²) in [6.45, 7) is 11.1. The lowest BCUT2D eigenvalue weighted by atomic mass is 9.51. The van der Waals surface area contributed by atoms with E-state index in [1.807, 2.05) is 0 Å². The Kier molecular flexibility index (Phi) is 9.85. The molecule has 0 saturated heterocycles. The minimum Gasteiger partial charge on any atom is -0.217 e. The van der Waals surface area contributed by atoms with Crippen molar-refractivity contribution in [3.63, 3.8) is 0 Å². The van der Waals surface area contributed by atoms with E-state index in [1.165, 1.54) is 49.9 Å². The van der Waals surface area contributed by atoms with Crippen molar-refractivity contribution in [1.82, 2.24) is 0 Å². The molecule has 6 unspecified atom stereocenters. The van der Waals surface area contributed by atoms with Crippen LogP contribution < -0.4 is 0 Å². The summed E-state index contributed by atoms with van der Waals surface area (Å²) in [4.78, 5) is -0.274. The second-order valence-electron chi connectivity index (χ2n) is 11.7. The maximum atomic E-state index is 15.3. The highest BCUT2D eigenvalue weighted by Crippen LogP contribution is 2.63. The summed E-state index contributed by atoms with van der Waals surface area (Å²) in [5.41, 5.74) is 1.87. The van der Waals surface area contributed by atoms with E-state index in [9.17, 15) is 8.42 Å². The summed E-state index contributed by atoms with van der Waals surface area (Å²) in [6, 6.07) is 7.23. The van der Waals surface area contributed by atoms with Crippen LogP contribution in [0.25, 0.3) is 0 Å². The van der Waals surface area contributed by atoms with Gasteiger partial charge in [-0.05, 0) is 92.6 Å². The fourth-order valence-electron chi connectivity index (χ4n) is 7.78. The fraction of sp³-hybridized carbons (Fsp3) is 0.742. The Balaban J connectivity index is 0.000000840. The van der Waals surface area contributed by atoms with E-state index < -0.39 is 21.5 Å². The van der Waals surface area contributed by atoms with Crippen molar-refractivity contribution >= 4 is 9.84 Å². The number of alkyl halides is 2. The van der Waals surface area contributed by atoms with Crippen LogP contribution in [0.15, 0.2) is 46.9 Å². The summed E-state index contributed by atoms with van der Waals surface area (Å²) < 4.78 is 56.1. The highest BCUT2D eigenvalue weighted by atomic mass is 32.2. The molecule has 1 aromatic rings. The maximum absolute atomic E-state index is 15.3. The lowest BCUT2D eigenvalue weighted by Gasteiger charge is -2.54. The highest BCUT2D eigenvalue weighted by molar-refractivity contribution is 7.92. The number of halogens is 2. The predicted molar refractivity (Wildman–Crippen MR) is 146 cm³/mol. The SMILES string of the molecule is C/C=C1/CCC2C3CCC(CC(F)(F)S(=O)(=O)c4ccccc4)C(CCC)C3CCC12C.CCCC. The van der Waals surface area contributed by atoms with E-state index in [1.54, 1.807) is 11.6 Å². The van der Waals surface area contributed by atoms with Crippen LogP contribution >= 0.6 is 0 Å². The molecule has 0 bridgehead atoms. The Bertz CT molecular complexity index is 970. The standard InChI is InChI=1S/C27H38F2O2S.C4H10/c1-4-9-22-19(18-27(28,29)32(30,31)21-10-7-6-8-11-21)12-14-24-23(22)16-17-26(3)20(5-2)13-15-25(24)26;1-3-4-2/h5-8,10-11,19,22-25H,4,9,12-18H2,1-3H3;3-4H2,1-2H3/b20-5-;. The number of benzene rings is 1. The van der Waals surface area contributed by atoms with E-state index in [4.69, 9.17) is 0 Å². The van der Waals surface area contributed by atoms with Crippen molar-refractivity contribution in [2.24, 2.45) is 35.0 Å². The van der Waals surface area contributed by atoms with E-state index >= 15 is 8.78 Å². The van der Waals surface area contributed by atoms with Crippen LogP contribution in [0.5, 0.6) is 0 Å². The van der Waals surface area contributed by atoms with Gasteiger partial charge in [0.2, 0.25) is 9.84 Å². The van der Waals surface area contributed by atoms with Gasteiger partial charge >= 0.3 is 5.25 Å². The number of unbranched alkanes of at least 4 members (excludes halogenated alkanes) is 1. The van der Waals surface area contributed by atoms with Crippen molar-refractivity contribution in [2.75, 3.05) is 0 Å². The number of hydrogen-bond acceptors (Lipinski definition) is 2. The molecule has 1 aromatic carbocycles. The molecule has 3 aliphatic rings. The van der Waals surface area contributed by atoms with Gasteiger partial charge < -0.3 is 0 Å². The second kappa shape index (κ2) is 12.1. The molecule has 6 atom stereocenters. The second-order valence-corrected chi connectivity index (χ2v) is 13.8. The lowest BCUT2D eigenvalue weighted by Crippen LogP contribution is -2.47. The lowest BCUT2D eigenvalue weighted by molar-refractivity contribution is -0.0507. The third kappa shape index (κ3) is 5.61. The van der Waals surface area contributed by atoms with E-state index in [-0.39, 0.29) is 22.1 Å². The summed E-state index contributed by atoms with van der Waals surface area (Å²) in [7, 11) is -4.68. The quantitative estimate of drug-likeness (QED) is 0.334. The van der Waals surface area contributed by atoms with Crippen LogP contribution in [0.1, 0.15) is 105 Å². The largest absolute Gasteiger partial charge is 0.350 e. The first kappa shape index (κ1) is 29.3. The highest BCUT2D eigenvalue weighted by Gasteiger charge is 2.56. The minimum atomic E-state index is -4.68. The smallest absolute Gasteiger partial charge is 0.217 e. The van der Waals surface area contributed by atoms with Gasteiger partial charge in [0.15, 0.2) is 0 Å². The Morgan fingerprint density at radius 2 is 1.64 bits per heavy atom. The first-order valence-electron chi connectivity index (χ1n) is 14.4. The Morgan fingerprint density at radius 1 is 0.972 bits per heavy atom. The van der Waals surface area contributed by atoms with Crippen molar-refractivity contribution < 1.29 is 17.2 Å². The van der Waals surface area contributed by atoms with Gasteiger partial charge in [0.25, 0.3) is 0 Å². The van der Waals surface area contributed by atoms with E-state index in [2.05, 4.69) is 40.7 Å². The molecule has 0 N–H and O–H groups in total. The summed E-state index contributed by atoms with van der Waals surface area (Å²) >= 11 is 0. The van der Waals surface area contributed by atoms with Gasteiger partial charge in [0, 0.05) is 6.42 Å². The average Bonchev–Trinajstić information content (AvgIpc) is 3.22. The molecule has 3 saturated carbocycles. The van der Waals surface area contributed by atoms with Crippen molar-refractivity contribution in [2.45, 2.75) is 115 Å². The fourth-order valence-corrected chi connectivity index (χ4v) is 9.07. The molecule has 0 spiro atoms. The van der Waals surface area contributed by atoms with Gasteiger partial charge in [-0.1, -0.05) is 83.2 Å². The van der Waals surface area contributed by atoms with Crippen LogP contribution in [-0.4, -0.2) is 13.7 Å². The van der Waals surface area contributed by atoms with Crippen molar-refractivity contribution in [1.29, 1.82) is 0 Å². The van der Waals surface area contributed by atoms with Crippen molar-refractivity contribution in [3.8, 4) is 0 Å². The van der Waals surface area contributed by atoms with E-state index in [0.29, 0.717) is 17.8 Å². The molecule has 0 radical (unpaired) electrons. The zero-order valence-corrected chi connectivity index (χ0v) is 23.9. The Labute approximate surface area is 219 Å². The summed E-state index contributed by atoms with van der Waals surface area (Å²) in [5, 5.41) is -3.73. The van der Waals surface area contributed by atoms with Crippen molar-refractivity contribution in [3.05, 3.63) is 42.0 Å². The summed E-state index contributed by atoms with van der Waals surface area (Å²) in [5.74, 6) is 1.68. The zero-order valence-electron chi connectivity index (χ0n) is 23.1. The van der Waals surface area contributed by atoms with Crippen LogP contribution in [0, 0.1) is 35.0 Å². The summed E-state index contributed by atoms with van der Waals surface area (Å²) in [6.07, 6.45) is 12.6. The number of sulfone groups is 1. The molecule has 0 amide bonds. The number of hydrogen-bond donors (Lipinski definition) is 0. The van der Waals surface area contributed by atoms with Crippen LogP contribution in [-0.2, 0) is 9.84 Å². The average molecular weight is 523 g/mol. The molecule has 5 heteroatoms. The first-order valence-corrected chi connectivity index (χ1v) is 15.9. The molecule has 2 nitrogen and oxygen atoms in total. The maximum Gasteiger partial charge on any atom is 0.350 e. The molecule has 36 heavy (non-hydrogen) atoms. The normalized spacial score (nSPS) is 33.4. The Morgan fingerprint density at radius 3 is 2.22 bits per heavy atom.